The Balaban J connectivity index is 1.93. The maximum atomic E-state index is 11.9. The van der Waals surface area contributed by atoms with Crippen LogP contribution in [-0.2, 0) is 0 Å². The van der Waals surface area contributed by atoms with Crippen LogP contribution < -0.4 is 5.32 Å². The van der Waals surface area contributed by atoms with Gasteiger partial charge in [-0.05, 0) is 42.9 Å². The third kappa shape index (κ3) is 2.96. The Labute approximate surface area is 112 Å². The molecule has 1 aromatic rings. The zero-order chi connectivity index (χ0) is 13.2. The summed E-state index contributed by atoms with van der Waals surface area (Å²) >= 11 is 5.78. The molecule has 4 heteroatoms. The molecule has 1 amide bonds. The van der Waals surface area contributed by atoms with E-state index < -0.39 is 0 Å². The van der Waals surface area contributed by atoms with Gasteiger partial charge in [-0.1, -0.05) is 24.9 Å². The van der Waals surface area contributed by atoms with Crippen LogP contribution in [0.4, 0.5) is 0 Å². The third-order valence-electron chi connectivity index (χ3n) is 3.57. The highest BCUT2D eigenvalue weighted by molar-refractivity contribution is 6.32. The van der Waals surface area contributed by atoms with E-state index in [4.69, 9.17) is 11.6 Å². The lowest BCUT2D eigenvalue weighted by molar-refractivity contribution is 0.0943. The first kappa shape index (κ1) is 13.2. The first-order valence-corrected chi connectivity index (χ1v) is 6.71. The molecule has 0 saturated heterocycles. The number of aromatic hydroxyl groups is 1. The zero-order valence-electron chi connectivity index (χ0n) is 10.5. The number of nitrogens with one attached hydrogen (secondary N) is 1. The standard InChI is InChI=1S/C14H18ClNO2/c1-2-5-14(6-7-14)9-16-13(18)10-3-4-12(17)11(15)8-10/h3-4,8,17H,2,5-7,9H2,1H3,(H,16,18). The number of phenolic OH excluding ortho intramolecular Hbond substituents is 1. The number of carbonyl (C=O) groups excluding carboxylic acids is 1. The Morgan fingerprint density at radius 2 is 2.22 bits per heavy atom. The maximum absolute atomic E-state index is 11.9. The molecule has 1 aromatic carbocycles. The lowest BCUT2D eigenvalue weighted by Gasteiger charge is -2.15. The molecule has 2 N–H and O–H groups in total. The van der Waals surface area contributed by atoms with Crippen LogP contribution in [0, 0.1) is 5.41 Å². The van der Waals surface area contributed by atoms with E-state index in [-0.39, 0.29) is 16.7 Å². The Morgan fingerprint density at radius 1 is 1.50 bits per heavy atom. The number of halogens is 1. The molecule has 0 unspecified atom stereocenters. The zero-order valence-corrected chi connectivity index (χ0v) is 11.3. The molecule has 1 saturated carbocycles. The van der Waals surface area contributed by atoms with E-state index in [1.807, 2.05) is 0 Å². The van der Waals surface area contributed by atoms with Crippen molar-refractivity contribution in [3.05, 3.63) is 28.8 Å². The Morgan fingerprint density at radius 3 is 2.78 bits per heavy atom. The highest BCUT2D eigenvalue weighted by atomic mass is 35.5. The fourth-order valence-corrected chi connectivity index (χ4v) is 2.42. The molecule has 1 fully saturated rings. The predicted octanol–water partition coefficient (Wildman–Crippen LogP) is 3.36. The minimum absolute atomic E-state index is 0.00198. The monoisotopic (exact) mass is 267 g/mol. The Hall–Kier alpha value is -1.22. The van der Waals surface area contributed by atoms with Gasteiger partial charge in [-0.2, -0.15) is 0 Å². The van der Waals surface area contributed by atoms with Crippen molar-refractivity contribution in [2.75, 3.05) is 6.54 Å². The summed E-state index contributed by atoms with van der Waals surface area (Å²) in [7, 11) is 0. The normalized spacial score (nSPS) is 16.3. The molecule has 3 nitrogen and oxygen atoms in total. The average molecular weight is 268 g/mol. The SMILES string of the molecule is CCCC1(CNC(=O)c2ccc(O)c(Cl)c2)CC1. The van der Waals surface area contributed by atoms with Crippen molar-refractivity contribution in [3.8, 4) is 5.75 Å². The lowest BCUT2D eigenvalue weighted by Crippen LogP contribution is -2.30. The van der Waals surface area contributed by atoms with Crippen molar-refractivity contribution in [1.82, 2.24) is 5.32 Å². The molecule has 0 bridgehead atoms. The first-order valence-electron chi connectivity index (χ1n) is 6.33. The van der Waals surface area contributed by atoms with E-state index in [0.717, 1.165) is 13.0 Å². The smallest absolute Gasteiger partial charge is 0.251 e. The number of amides is 1. The fraction of sp³-hybridized carbons (Fsp3) is 0.500. The van der Waals surface area contributed by atoms with Crippen molar-refractivity contribution in [3.63, 3.8) is 0 Å². The molecule has 0 spiro atoms. The van der Waals surface area contributed by atoms with E-state index in [2.05, 4.69) is 12.2 Å². The first-order chi connectivity index (χ1) is 8.56. The largest absolute Gasteiger partial charge is 0.506 e. The van der Waals surface area contributed by atoms with Crippen LogP contribution in [0.5, 0.6) is 5.75 Å². The van der Waals surface area contributed by atoms with Gasteiger partial charge in [-0.15, -0.1) is 0 Å². The van der Waals surface area contributed by atoms with Gasteiger partial charge >= 0.3 is 0 Å². The third-order valence-corrected chi connectivity index (χ3v) is 3.87. The summed E-state index contributed by atoms with van der Waals surface area (Å²) in [5, 5.41) is 12.5. The molecular formula is C14H18ClNO2. The van der Waals surface area contributed by atoms with E-state index in [9.17, 15) is 9.90 Å². The number of carbonyl (C=O) groups is 1. The molecule has 0 aromatic heterocycles. The Kier molecular flexibility index (Phi) is 3.81. The molecule has 98 valence electrons. The number of phenols is 1. The summed E-state index contributed by atoms with van der Waals surface area (Å²) in [6, 6.07) is 4.51. The quantitative estimate of drug-likeness (QED) is 0.859. The fourth-order valence-electron chi connectivity index (χ4n) is 2.24. The maximum Gasteiger partial charge on any atom is 0.251 e. The molecule has 1 aliphatic rings. The Bertz CT molecular complexity index is 455. The number of benzene rings is 1. The molecular weight excluding hydrogens is 250 g/mol. The number of hydrogen-bond donors (Lipinski definition) is 2. The van der Waals surface area contributed by atoms with Gasteiger partial charge in [0.2, 0.25) is 0 Å². The van der Waals surface area contributed by atoms with Gasteiger partial charge in [0.25, 0.3) is 5.91 Å². The van der Waals surface area contributed by atoms with Crippen LogP contribution in [-0.4, -0.2) is 17.6 Å². The molecule has 0 aliphatic heterocycles. The van der Waals surface area contributed by atoms with E-state index in [1.165, 1.54) is 31.4 Å². The van der Waals surface area contributed by atoms with Gasteiger partial charge in [0.1, 0.15) is 5.75 Å². The summed E-state index contributed by atoms with van der Waals surface area (Å²) in [6.07, 6.45) is 4.74. The van der Waals surface area contributed by atoms with E-state index in [0.29, 0.717) is 11.0 Å². The van der Waals surface area contributed by atoms with Gasteiger partial charge < -0.3 is 10.4 Å². The number of rotatable bonds is 5. The number of hydrogen-bond acceptors (Lipinski definition) is 2. The predicted molar refractivity (Wildman–Crippen MR) is 72.0 cm³/mol. The van der Waals surface area contributed by atoms with Crippen LogP contribution in [0.25, 0.3) is 0 Å². The molecule has 0 radical (unpaired) electrons. The summed E-state index contributed by atoms with van der Waals surface area (Å²) < 4.78 is 0. The second-order valence-corrected chi connectivity index (χ2v) is 5.51. The van der Waals surface area contributed by atoms with Gasteiger partial charge in [-0.3, -0.25) is 4.79 Å². The minimum atomic E-state index is -0.126. The van der Waals surface area contributed by atoms with Gasteiger partial charge in [0.05, 0.1) is 5.02 Å². The summed E-state index contributed by atoms with van der Waals surface area (Å²) in [5.41, 5.74) is 0.829. The van der Waals surface area contributed by atoms with Crippen molar-refractivity contribution in [2.45, 2.75) is 32.6 Å². The molecule has 1 aliphatic carbocycles. The summed E-state index contributed by atoms with van der Waals surface area (Å²) in [5.74, 6) is -0.128. The van der Waals surface area contributed by atoms with Crippen molar-refractivity contribution in [1.29, 1.82) is 0 Å². The molecule has 0 atom stereocenters. The minimum Gasteiger partial charge on any atom is -0.506 e. The summed E-state index contributed by atoms with van der Waals surface area (Å²) in [4.78, 5) is 11.9. The van der Waals surface area contributed by atoms with Crippen LogP contribution in [0.3, 0.4) is 0 Å². The van der Waals surface area contributed by atoms with E-state index in [1.54, 1.807) is 6.07 Å². The van der Waals surface area contributed by atoms with E-state index >= 15 is 0 Å². The second kappa shape index (κ2) is 5.19. The van der Waals surface area contributed by atoms with Crippen molar-refractivity contribution < 1.29 is 9.90 Å². The summed E-state index contributed by atoms with van der Waals surface area (Å²) in [6.45, 7) is 2.90. The van der Waals surface area contributed by atoms with Crippen LogP contribution in [0.1, 0.15) is 43.0 Å². The van der Waals surface area contributed by atoms with Crippen LogP contribution in [0.15, 0.2) is 18.2 Å². The highest BCUT2D eigenvalue weighted by Crippen LogP contribution is 2.48. The van der Waals surface area contributed by atoms with Crippen LogP contribution in [0.2, 0.25) is 5.02 Å². The van der Waals surface area contributed by atoms with Gasteiger partial charge in [-0.25, -0.2) is 0 Å². The van der Waals surface area contributed by atoms with Crippen LogP contribution >= 0.6 is 11.6 Å². The van der Waals surface area contributed by atoms with Gasteiger partial charge in [0.15, 0.2) is 0 Å². The highest BCUT2D eigenvalue weighted by Gasteiger charge is 2.41. The second-order valence-electron chi connectivity index (χ2n) is 5.10. The molecule has 2 rings (SSSR count). The van der Waals surface area contributed by atoms with Gasteiger partial charge in [0, 0.05) is 12.1 Å². The topological polar surface area (TPSA) is 49.3 Å². The average Bonchev–Trinajstić information content (AvgIpc) is 3.11. The van der Waals surface area contributed by atoms with Crippen molar-refractivity contribution >= 4 is 17.5 Å². The van der Waals surface area contributed by atoms with Crippen molar-refractivity contribution in [2.24, 2.45) is 5.41 Å². The lowest BCUT2D eigenvalue weighted by atomic mass is 10.0. The molecule has 0 heterocycles. The molecule has 18 heavy (non-hydrogen) atoms.